The van der Waals surface area contributed by atoms with Gasteiger partial charge in [0, 0.05) is 11.4 Å². The van der Waals surface area contributed by atoms with Crippen molar-refractivity contribution in [2.75, 3.05) is 18.2 Å². The molecule has 0 amide bonds. The summed E-state index contributed by atoms with van der Waals surface area (Å²) < 4.78 is 4.69. The van der Waals surface area contributed by atoms with Crippen LogP contribution in [0.5, 0.6) is 0 Å². The standard InChI is InChI=1S/C16H15N3O2/c1-10-4-3-5-15(13(10)9-17)19-11-6-7-14(18)12(8-11)16(20)21-2/h3-8,19H,18H2,1-2H3. The highest BCUT2D eigenvalue weighted by atomic mass is 16.5. The SMILES string of the molecule is COC(=O)c1cc(Nc2cccc(C)c2C#N)ccc1N. The summed E-state index contributed by atoms with van der Waals surface area (Å²) >= 11 is 0. The number of benzene rings is 2. The van der Waals surface area contributed by atoms with Gasteiger partial charge >= 0.3 is 5.97 Å². The average molecular weight is 281 g/mol. The highest BCUT2D eigenvalue weighted by Gasteiger charge is 2.12. The molecule has 2 rings (SSSR count). The summed E-state index contributed by atoms with van der Waals surface area (Å²) in [5.41, 5.74) is 9.17. The van der Waals surface area contributed by atoms with Crippen LogP contribution in [0.2, 0.25) is 0 Å². The zero-order valence-electron chi connectivity index (χ0n) is 11.8. The van der Waals surface area contributed by atoms with Crippen LogP contribution in [0.4, 0.5) is 17.1 Å². The van der Waals surface area contributed by atoms with Crippen molar-refractivity contribution >= 4 is 23.0 Å². The molecule has 0 unspecified atom stereocenters. The smallest absolute Gasteiger partial charge is 0.340 e. The minimum absolute atomic E-state index is 0.286. The van der Waals surface area contributed by atoms with Crippen LogP contribution in [0, 0.1) is 18.3 Å². The van der Waals surface area contributed by atoms with Crippen molar-refractivity contribution in [1.29, 1.82) is 5.26 Å². The van der Waals surface area contributed by atoms with Crippen LogP contribution in [0.3, 0.4) is 0 Å². The van der Waals surface area contributed by atoms with Gasteiger partial charge in [-0.2, -0.15) is 5.26 Å². The Bertz CT molecular complexity index is 733. The predicted molar refractivity (Wildman–Crippen MR) is 81.4 cm³/mol. The fourth-order valence-corrected chi connectivity index (χ4v) is 2.00. The topological polar surface area (TPSA) is 88.1 Å². The first-order valence-corrected chi connectivity index (χ1v) is 6.31. The summed E-state index contributed by atoms with van der Waals surface area (Å²) in [5.74, 6) is -0.499. The first-order valence-electron chi connectivity index (χ1n) is 6.31. The maximum absolute atomic E-state index is 11.6. The van der Waals surface area contributed by atoms with Gasteiger partial charge in [0.1, 0.15) is 6.07 Å². The van der Waals surface area contributed by atoms with E-state index < -0.39 is 5.97 Å². The number of nitrogens with two attached hydrogens (primary N) is 1. The molecule has 0 saturated carbocycles. The molecule has 0 aliphatic rings. The summed E-state index contributed by atoms with van der Waals surface area (Å²) in [6.07, 6.45) is 0. The number of nitriles is 1. The Labute approximate surface area is 123 Å². The lowest BCUT2D eigenvalue weighted by atomic mass is 10.1. The van der Waals surface area contributed by atoms with Gasteiger partial charge in [0.25, 0.3) is 0 Å². The molecule has 0 aromatic heterocycles. The van der Waals surface area contributed by atoms with E-state index in [9.17, 15) is 10.1 Å². The molecule has 0 aliphatic carbocycles. The zero-order valence-corrected chi connectivity index (χ0v) is 11.8. The zero-order chi connectivity index (χ0) is 15.4. The van der Waals surface area contributed by atoms with Gasteiger partial charge in [-0.3, -0.25) is 0 Å². The molecule has 2 aromatic rings. The number of methoxy groups -OCH3 is 1. The second kappa shape index (κ2) is 5.97. The highest BCUT2D eigenvalue weighted by molar-refractivity contribution is 5.96. The number of hydrogen-bond donors (Lipinski definition) is 2. The quantitative estimate of drug-likeness (QED) is 0.667. The second-order valence-electron chi connectivity index (χ2n) is 4.53. The number of hydrogen-bond acceptors (Lipinski definition) is 5. The number of carbonyl (C=O) groups is 1. The molecular weight excluding hydrogens is 266 g/mol. The fraction of sp³-hybridized carbons (Fsp3) is 0.125. The van der Waals surface area contributed by atoms with Crippen LogP contribution in [-0.4, -0.2) is 13.1 Å². The van der Waals surface area contributed by atoms with Crippen molar-refractivity contribution in [3.63, 3.8) is 0 Å². The molecule has 2 aromatic carbocycles. The molecule has 0 saturated heterocycles. The first-order chi connectivity index (χ1) is 10.1. The molecule has 5 heteroatoms. The van der Waals surface area contributed by atoms with E-state index in [1.807, 2.05) is 19.1 Å². The number of esters is 1. The van der Waals surface area contributed by atoms with Gasteiger partial charge in [0.2, 0.25) is 0 Å². The normalized spacial score (nSPS) is 9.76. The van der Waals surface area contributed by atoms with Crippen molar-refractivity contribution in [3.05, 3.63) is 53.1 Å². The van der Waals surface area contributed by atoms with Gasteiger partial charge in [0.05, 0.1) is 23.9 Å². The van der Waals surface area contributed by atoms with Gasteiger partial charge in [-0.05, 0) is 36.8 Å². The second-order valence-corrected chi connectivity index (χ2v) is 4.53. The molecule has 3 N–H and O–H groups in total. The number of aryl methyl sites for hydroxylation is 1. The molecule has 0 fully saturated rings. The molecule has 0 spiro atoms. The highest BCUT2D eigenvalue weighted by Crippen LogP contribution is 2.25. The minimum atomic E-state index is -0.499. The van der Waals surface area contributed by atoms with Crippen LogP contribution in [-0.2, 0) is 4.74 Å². The van der Waals surface area contributed by atoms with Gasteiger partial charge < -0.3 is 15.8 Å². The third-order valence-electron chi connectivity index (χ3n) is 3.12. The third kappa shape index (κ3) is 2.95. The van der Waals surface area contributed by atoms with Crippen LogP contribution in [0.1, 0.15) is 21.5 Å². The molecule has 0 radical (unpaired) electrons. The molecule has 0 atom stereocenters. The van der Waals surface area contributed by atoms with Crippen molar-refractivity contribution in [1.82, 2.24) is 0 Å². The Hall–Kier alpha value is -3.00. The number of nitrogens with one attached hydrogen (secondary N) is 1. The van der Waals surface area contributed by atoms with Gasteiger partial charge in [-0.1, -0.05) is 12.1 Å². The van der Waals surface area contributed by atoms with Gasteiger partial charge in [-0.15, -0.1) is 0 Å². The third-order valence-corrected chi connectivity index (χ3v) is 3.12. The van der Waals surface area contributed by atoms with Crippen molar-refractivity contribution in [2.45, 2.75) is 6.92 Å². The Morgan fingerprint density at radius 3 is 2.76 bits per heavy atom. The van der Waals surface area contributed by atoms with Crippen molar-refractivity contribution < 1.29 is 9.53 Å². The molecular formula is C16H15N3O2. The molecule has 0 heterocycles. The van der Waals surface area contributed by atoms with E-state index in [2.05, 4.69) is 16.1 Å². The molecule has 5 nitrogen and oxygen atoms in total. The monoisotopic (exact) mass is 281 g/mol. The van der Waals surface area contributed by atoms with E-state index in [4.69, 9.17) is 5.73 Å². The molecule has 0 aliphatic heterocycles. The van der Waals surface area contributed by atoms with E-state index in [-0.39, 0.29) is 5.56 Å². The summed E-state index contributed by atoms with van der Waals surface area (Å²) in [5, 5.41) is 12.3. The number of nitrogens with zero attached hydrogens (tertiary/aromatic N) is 1. The van der Waals surface area contributed by atoms with E-state index in [1.165, 1.54) is 7.11 Å². The summed E-state index contributed by atoms with van der Waals surface area (Å²) in [6.45, 7) is 1.87. The van der Waals surface area contributed by atoms with Crippen molar-refractivity contribution in [2.24, 2.45) is 0 Å². The van der Waals surface area contributed by atoms with Crippen LogP contribution in [0.25, 0.3) is 0 Å². The Morgan fingerprint density at radius 2 is 2.10 bits per heavy atom. The van der Waals surface area contributed by atoms with Crippen LogP contribution >= 0.6 is 0 Å². The Kier molecular flexibility index (Phi) is 4.10. The summed E-state index contributed by atoms with van der Waals surface area (Å²) in [4.78, 5) is 11.6. The predicted octanol–water partition coefficient (Wildman–Crippen LogP) is 2.98. The lowest BCUT2D eigenvalue weighted by Gasteiger charge is -2.12. The summed E-state index contributed by atoms with van der Waals surface area (Å²) in [7, 11) is 1.30. The largest absolute Gasteiger partial charge is 0.465 e. The number of ether oxygens (including phenoxy) is 1. The number of anilines is 3. The molecule has 106 valence electrons. The minimum Gasteiger partial charge on any atom is -0.465 e. The van der Waals surface area contributed by atoms with E-state index in [1.54, 1.807) is 24.3 Å². The van der Waals surface area contributed by atoms with E-state index in [0.29, 0.717) is 22.6 Å². The maximum atomic E-state index is 11.6. The van der Waals surface area contributed by atoms with E-state index in [0.717, 1.165) is 5.56 Å². The number of nitrogen functional groups attached to an aromatic ring is 1. The van der Waals surface area contributed by atoms with Gasteiger partial charge in [0.15, 0.2) is 0 Å². The number of rotatable bonds is 3. The van der Waals surface area contributed by atoms with Gasteiger partial charge in [-0.25, -0.2) is 4.79 Å². The Morgan fingerprint density at radius 1 is 1.33 bits per heavy atom. The Balaban J connectivity index is 2.40. The summed E-state index contributed by atoms with van der Waals surface area (Å²) in [6, 6.07) is 12.7. The maximum Gasteiger partial charge on any atom is 0.340 e. The first kappa shape index (κ1) is 14.4. The fourth-order valence-electron chi connectivity index (χ4n) is 2.00. The average Bonchev–Trinajstić information content (AvgIpc) is 2.48. The lowest BCUT2D eigenvalue weighted by Crippen LogP contribution is -2.06. The van der Waals surface area contributed by atoms with Crippen molar-refractivity contribution in [3.8, 4) is 6.07 Å². The lowest BCUT2D eigenvalue weighted by molar-refractivity contribution is 0.0602. The van der Waals surface area contributed by atoms with E-state index >= 15 is 0 Å². The molecule has 0 bridgehead atoms. The van der Waals surface area contributed by atoms with Crippen LogP contribution in [0.15, 0.2) is 36.4 Å². The number of carbonyl (C=O) groups excluding carboxylic acids is 1. The van der Waals surface area contributed by atoms with Crippen LogP contribution < -0.4 is 11.1 Å². The molecule has 21 heavy (non-hydrogen) atoms.